The molecule has 0 saturated heterocycles. The highest BCUT2D eigenvalue weighted by Crippen LogP contribution is 2.28. The van der Waals surface area contributed by atoms with Crippen molar-refractivity contribution in [1.82, 2.24) is 51.6 Å². The zero-order valence-electron chi connectivity index (χ0n) is 55.5. The van der Waals surface area contributed by atoms with E-state index in [9.17, 15) is 28.8 Å². The van der Waals surface area contributed by atoms with Gasteiger partial charge in [-0.3, -0.25) is 30.0 Å². The van der Waals surface area contributed by atoms with Crippen molar-refractivity contribution in [3.8, 4) is 33.3 Å². The fourth-order valence-corrected chi connectivity index (χ4v) is 10.1. The normalized spacial score (nSPS) is 12.3. The summed E-state index contributed by atoms with van der Waals surface area (Å²) in [5, 5.41) is 16.3. The van der Waals surface area contributed by atoms with Crippen LogP contribution in [0.15, 0.2) is 122 Å². The predicted molar refractivity (Wildman–Crippen MR) is 358 cm³/mol. The van der Waals surface area contributed by atoms with E-state index in [0.29, 0.717) is 34.8 Å². The molecule has 0 spiro atoms. The lowest BCUT2D eigenvalue weighted by Gasteiger charge is -2.25. The maximum absolute atomic E-state index is 13.2. The summed E-state index contributed by atoms with van der Waals surface area (Å²) in [5.74, 6) is -1.46. The Morgan fingerprint density at radius 3 is 1.27 bits per heavy atom. The largest absolute Gasteiger partial charge is 0.458 e. The molecule has 0 aliphatic heterocycles. The number of unbranched alkanes of at least 4 members (excludes halogenated alkanes) is 6. The van der Waals surface area contributed by atoms with Gasteiger partial charge in [-0.25, -0.2) is 29.5 Å². The molecular formula is C72H92N10O8S. The summed E-state index contributed by atoms with van der Waals surface area (Å²) in [6, 6.07) is 28.0. The van der Waals surface area contributed by atoms with Gasteiger partial charge in [-0.1, -0.05) is 178 Å². The standard InChI is InChI=1S/C36H47N5O5.C36H45N5O3S/c1-8-9-10-11-12-30(42)40-41-33(44)27-22-37-31(38-23-27)25-15-13-24(14-16-25)21-29(34(45)46-36(5,6)7)39-32(43)26-17-19-28(20-18-26)35(2,3)4;1-8-9-10-11-12-30-40-41-33(45-30)27-22-37-31(38-23-27)25-15-13-24(14-16-25)21-29(34(43)44-36(5,6)7)39-32(42)26-17-19-28(20-18-26)35(2,3)4/h13-20,22-23,29H,8-12,21H2,1-7H3,(H,39,43)(H,40,42)(H,41,44);13-20,22-23,29H,8-12,21H2,1-7H3,(H,39,42)/t2*29-/m00/s1. The fraction of sp³-hybridized carbons (Fsp3) is 0.444. The lowest BCUT2D eigenvalue weighted by molar-refractivity contribution is -0.158. The van der Waals surface area contributed by atoms with Crippen LogP contribution in [0.3, 0.4) is 0 Å². The molecular weight excluding hydrogens is 1160 g/mol. The van der Waals surface area contributed by atoms with Crippen molar-refractivity contribution in [2.75, 3.05) is 0 Å². The minimum Gasteiger partial charge on any atom is -0.458 e. The predicted octanol–water partition coefficient (Wildman–Crippen LogP) is 13.6. The average Bonchev–Trinajstić information content (AvgIpc) is 1.88. The van der Waals surface area contributed by atoms with Crippen LogP contribution in [0, 0.1) is 0 Å². The third-order valence-electron chi connectivity index (χ3n) is 14.4. The number of aryl methyl sites for hydroxylation is 1. The van der Waals surface area contributed by atoms with Crippen molar-refractivity contribution in [2.24, 2.45) is 0 Å². The molecule has 4 amide bonds. The van der Waals surface area contributed by atoms with Crippen molar-refractivity contribution in [3.05, 3.63) is 166 Å². The number of esters is 2. The molecule has 91 heavy (non-hydrogen) atoms. The van der Waals surface area contributed by atoms with E-state index in [1.165, 1.54) is 31.7 Å². The molecule has 19 heteroatoms. The first-order valence-electron chi connectivity index (χ1n) is 31.5. The summed E-state index contributed by atoms with van der Waals surface area (Å²) in [6.07, 6.45) is 16.8. The van der Waals surface area contributed by atoms with Gasteiger partial charge in [0.25, 0.3) is 17.7 Å². The number of hydrazine groups is 1. The zero-order chi connectivity index (χ0) is 66.5. The Labute approximate surface area is 541 Å². The summed E-state index contributed by atoms with van der Waals surface area (Å²) < 4.78 is 11.3. The number of rotatable bonds is 24. The molecule has 0 aliphatic rings. The van der Waals surface area contributed by atoms with E-state index >= 15 is 0 Å². The Morgan fingerprint density at radius 2 is 0.868 bits per heavy atom. The van der Waals surface area contributed by atoms with Crippen LogP contribution in [-0.2, 0) is 53.9 Å². The van der Waals surface area contributed by atoms with Crippen molar-refractivity contribution >= 4 is 46.9 Å². The smallest absolute Gasteiger partial charge is 0.329 e. The van der Waals surface area contributed by atoms with E-state index in [-0.39, 0.29) is 47.0 Å². The van der Waals surface area contributed by atoms with Crippen LogP contribution in [0.4, 0.5) is 0 Å². The van der Waals surface area contributed by atoms with Crippen LogP contribution >= 0.6 is 11.3 Å². The van der Waals surface area contributed by atoms with Crippen LogP contribution < -0.4 is 21.5 Å². The molecule has 484 valence electrons. The molecule has 0 aliphatic carbocycles. The minimum absolute atomic E-state index is 0.0244. The lowest BCUT2D eigenvalue weighted by atomic mass is 9.86. The van der Waals surface area contributed by atoms with Gasteiger partial charge in [0.15, 0.2) is 16.7 Å². The molecule has 7 rings (SSSR count). The molecule has 0 saturated carbocycles. The van der Waals surface area contributed by atoms with Gasteiger partial charge in [-0.05, 0) is 112 Å². The number of hydrogen-bond donors (Lipinski definition) is 4. The number of benzene rings is 4. The highest BCUT2D eigenvalue weighted by molar-refractivity contribution is 7.14. The third kappa shape index (κ3) is 23.6. The Bertz CT molecular complexity index is 3490. The number of carbonyl (C=O) groups excluding carboxylic acids is 6. The first kappa shape index (κ1) is 71.5. The van der Waals surface area contributed by atoms with Gasteiger partial charge in [0.1, 0.15) is 28.3 Å². The third-order valence-corrected chi connectivity index (χ3v) is 15.5. The van der Waals surface area contributed by atoms with Crippen LogP contribution in [0.1, 0.15) is 213 Å². The van der Waals surface area contributed by atoms with Crippen molar-refractivity contribution in [1.29, 1.82) is 0 Å². The van der Waals surface area contributed by atoms with E-state index < -0.39 is 41.1 Å². The van der Waals surface area contributed by atoms with Gasteiger partial charge >= 0.3 is 11.9 Å². The number of hydrogen-bond acceptors (Lipinski definition) is 15. The summed E-state index contributed by atoms with van der Waals surface area (Å²) in [4.78, 5) is 94.7. The van der Waals surface area contributed by atoms with Gasteiger partial charge in [0, 0.05) is 78.3 Å². The van der Waals surface area contributed by atoms with E-state index in [4.69, 9.17) is 9.47 Å². The fourth-order valence-electron chi connectivity index (χ4n) is 9.24. The number of carbonyl (C=O) groups is 6. The first-order valence-corrected chi connectivity index (χ1v) is 32.3. The molecule has 0 radical (unpaired) electrons. The highest BCUT2D eigenvalue weighted by atomic mass is 32.1. The zero-order valence-corrected chi connectivity index (χ0v) is 56.4. The Hall–Kier alpha value is -8.58. The molecule has 2 atom stereocenters. The Balaban J connectivity index is 0.000000289. The molecule has 0 unspecified atom stereocenters. The minimum atomic E-state index is -0.911. The second-order valence-electron chi connectivity index (χ2n) is 26.8. The van der Waals surface area contributed by atoms with Gasteiger partial charge in [-0.2, -0.15) is 0 Å². The number of ether oxygens (including phenoxy) is 2. The van der Waals surface area contributed by atoms with Crippen LogP contribution in [0.5, 0.6) is 0 Å². The van der Waals surface area contributed by atoms with E-state index in [2.05, 4.69) is 107 Å². The number of amides is 4. The maximum Gasteiger partial charge on any atom is 0.329 e. The van der Waals surface area contributed by atoms with Crippen molar-refractivity contribution in [2.45, 2.75) is 208 Å². The second kappa shape index (κ2) is 32.9. The van der Waals surface area contributed by atoms with E-state index in [1.54, 1.807) is 68.8 Å². The van der Waals surface area contributed by atoms with Crippen LogP contribution in [-0.4, -0.2) is 89.0 Å². The molecule has 18 nitrogen and oxygen atoms in total. The second-order valence-corrected chi connectivity index (χ2v) is 27.9. The number of nitrogens with zero attached hydrogens (tertiary/aromatic N) is 6. The summed E-state index contributed by atoms with van der Waals surface area (Å²) in [6.45, 7) is 27.8. The summed E-state index contributed by atoms with van der Waals surface area (Å²) in [7, 11) is 0. The first-order chi connectivity index (χ1) is 43.0. The molecule has 7 aromatic rings. The quantitative estimate of drug-likeness (QED) is 0.0250. The monoisotopic (exact) mass is 1260 g/mol. The SMILES string of the molecule is CCCCCCC(=O)NNC(=O)c1cnc(-c2ccc(C[C@H](NC(=O)c3ccc(C(C)(C)C)cc3)C(=O)OC(C)(C)C)cc2)nc1.CCCCCCc1nnc(-c2cnc(-c3ccc(C[C@H](NC(=O)c4ccc(C(C)(C)C)cc4)C(=O)OC(C)(C)C)cc3)nc2)s1. The van der Waals surface area contributed by atoms with E-state index in [0.717, 1.165) is 81.9 Å². The Morgan fingerprint density at radius 1 is 0.451 bits per heavy atom. The maximum atomic E-state index is 13.2. The highest BCUT2D eigenvalue weighted by Gasteiger charge is 2.30. The topological polar surface area (TPSA) is 246 Å². The van der Waals surface area contributed by atoms with Crippen molar-refractivity contribution in [3.63, 3.8) is 0 Å². The molecule has 3 aromatic heterocycles. The summed E-state index contributed by atoms with van der Waals surface area (Å²) in [5.41, 5.74) is 10.8. The van der Waals surface area contributed by atoms with Crippen LogP contribution in [0.2, 0.25) is 0 Å². The molecule has 0 fully saturated rings. The van der Waals surface area contributed by atoms with Gasteiger partial charge in [0.2, 0.25) is 5.91 Å². The van der Waals surface area contributed by atoms with Crippen molar-refractivity contribution < 1.29 is 38.2 Å². The van der Waals surface area contributed by atoms with E-state index in [1.807, 2.05) is 93.6 Å². The average molecular weight is 1260 g/mol. The van der Waals surface area contributed by atoms with Gasteiger partial charge in [0.05, 0.1) is 5.56 Å². The number of nitrogens with one attached hydrogen (secondary N) is 4. The van der Waals surface area contributed by atoms with Gasteiger partial charge < -0.3 is 20.1 Å². The molecule has 4 aromatic carbocycles. The molecule has 4 N–H and O–H groups in total. The van der Waals surface area contributed by atoms with Gasteiger partial charge in [-0.15, -0.1) is 10.2 Å². The Kier molecular flexibility index (Phi) is 25.9. The van der Waals surface area contributed by atoms with Crippen LogP contribution in [0.25, 0.3) is 33.3 Å². The summed E-state index contributed by atoms with van der Waals surface area (Å²) >= 11 is 1.59. The molecule has 3 heterocycles. The molecule has 0 bridgehead atoms. The lowest BCUT2D eigenvalue weighted by Crippen LogP contribution is -2.45. The number of aromatic nitrogens is 6.